The van der Waals surface area contributed by atoms with Crippen LogP contribution in [0.4, 0.5) is 4.79 Å². The lowest BCUT2D eigenvalue weighted by Gasteiger charge is -2.28. The molecule has 1 aliphatic heterocycles. The van der Waals surface area contributed by atoms with Gasteiger partial charge in [0, 0.05) is 28.3 Å². The van der Waals surface area contributed by atoms with Crippen LogP contribution in [0.1, 0.15) is 33.6 Å². The monoisotopic (exact) mass is 327 g/mol. The summed E-state index contributed by atoms with van der Waals surface area (Å²) < 4.78 is 5.48. The van der Waals surface area contributed by atoms with Crippen LogP contribution in [-0.4, -0.2) is 34.9 Å². The highest BCUT2D eigenvalue weighted by Gasteiger charge is 2.31. The van der Waals surface area contributed by atoms with Gasteiger partial charge in [0.05, 0.1) is 0 Å². The number of carbonyl (C=O) groups is 1. The molecule has 0 saturated carbocycles. The Labute approximate surface area is 136 Å². The van der Waals surface area contributed by atoms with Gasteiger partial charge >= 0.3 is 6.09 Å². The second kappa shape index (κ2) is 6.93. The number of hydrogen-bond donors (Lipinski definition) is 0. The van der Waals surface area contributed by atoms with Crippen molar-refractivity contribution in [3.05, 3.63) is 29.3 Å². The van der Waals surface area contributed by atoms with Crippen molar-refractivity contribution in [1.82, 2.24) is 4.90 Å². The van der Waals surface area contributed by atoms with E-state index in [1.165, 1.54) is 4.90 Å². The molecule has 1 atom stereocenters. The summed E-state index contributed by atoms with van der Waals surface area (Å²) in [5.41, 5.74) is -0.437. The first kappa shape index (κ1) is 16.5. The Hall–Kier alpha value is -0.870. The van der Waals surface area contributed by atoms with Gasteiger partial charge in [-0.1, -0.05) is 11.6 Å². The molecule has 1 aromatic carbocycles. The van der Waals surface area contributed by atoms with Crippen LogP contribution < -0.4 is 0 Å². The molecule has 0 N–H and O–H groups in total. The minimum atomic E-state index is -0.437. The molecule has 116 valence electrons. The standard InChI is InChI=1S/C16H22ClNO2S/c1-16(2,3)20-15(19)18-10-4-5-13(18)11-21-14-8-6-12(17)7-9-14/h6-9,13H,4-5,10-11H2,1-3H3. The third-order valence-electron chi connectivity index (χ3n) is 3.26. The number of amides is 1. The summed E-state index contributed by atoms with van der Waals surface area (Å²) in [4.78, 5) is 15.2. The first-order chi connectivity index (χ1) is 9.85. The van der Waals surface area contributed by atoms with Crippen molar-refractivity contribution in [2.45, 2.75) is 50.2 Å². The van der Waals surface area contributed by atoms with E-state index < -0.39 is 5.60 Å². The topological polar surface area (TPSA) is 29.5 Å². The summed E-state index contributed by atoms with van der Waals surface area (Å²) in [5.74, 6) is 0.890. The number of carbonyl (C=O) groups excluding carboxylic acids is 1. The Bertz CT molecular complexity index is 484. The summed E-state index contributed by atoms with van der Waals surface area (Å²) in [6, 6.07) is 8.06. The molecular formula is C16H22ClNO2S. The number of ether oxygens (including phenoxy) is 1. The van der Waals surface area contributed by atoms with Crippen molar-refractivity contribution in [3.63, 3.8) is 0 Å². The lowest BCUT2D eigenvalue weighted by molar-refractivity contribution is 0.0242. The fourth-order valence-electron chi connectivity index (χ4n) is 2.29. The van der Waals surface area contributed by atoms with E-state index in [2.05, 4.69) is 0 Å². The second-order valence-corrected chi connectivity index (χ2v) is 7.76. The van der Waals surface area contributed by atoms with Gasteiger partial charge in [0.2, 0.25) is 0 Å². The average molecular weight is 328 g/mol. The summed E-state index contributed by atoms with van der Waals surface area (Å²) in [7, 11) is 0. The molecule has 1 aliphatic rings. The summed E-state index contributed by atoms with van der Waals surface area (Å²) >= 11 is 7.64. The van der Waals surface area contributed by atoms with E-state index in [1.807, 2.05) is 49.9 Å². The van der Waals surface area contributed by atoms with E-state index in [0.717, 1.165) is 30.2 Å². The lowest BCUT2D eigenvalue weighted by atomic mass is 10.2. The predicted molar refractivity (Wildman–Crippen MR) is 88.1 cm³/mol. The van der Waals surface area contributed by atoms with Crippen molar-refractivity contribution in [2.75, 3.05) is 12.3 Å². The first-order valence-corrected chi connectivity index (χ1v) is 8.59. The molecule has 0 aromatic heterocycles. The normalized spacial score (nSPS) is 18.9. The van der Waals surface area contributed by atoms with Gasteiger partial charge in [-0.2, -0.15) is 0 Å². The van der Waals surface area contributed by atoms with Gasteiger partial charge in [-0.25, -0.2) is 4.79 Å². The van der Waals surface area contributed by atoms with Crippen molar-refractivity contribution < 1.29 is 9.53 Å². The van der Waals surface area contributed by atoms with Crippen LogP contribution >= 0.6 is 23.4 Å². The maximum Gasteiger partial charge on any atom is 0.410 e. The van der Waals surface area contributed by atoms with Crippen LogP contribution in [0.25, 0.3) is 0 Å². The third kappa shape index (κ3) is 5.11. The van der Waals surface area contributed by atoms with E-state index >= 15 is 0 Å². The van der Waals surface area contributed by atoms with Crippen LogP contribution in [0.5, 0.6) is 0 Å². The highest BCUT2D eigenvalue weighted by molar-refractivity contribution is 7.99. The second-order valence-electron chi connectivity index (χ2n) is 6.23. The van der Waals surface area contributed by atoms with Gasteiger partial charge in [0.15, 0.2) is 0 Å². The van der Waals surface area contributed by atoms with Gasteiger partial charge in [-0.3, -0.25) is 0 Å². The average Bonchev–Trinajstić information content (AvgIpc) is 2.84. The third-order valence-corrected chi connectivity index (χ3v) is 4.67. The molecule has 21 heavy (non-hydrogen) atoms. The molecule has 1 saturated heterocycles. The van der Waals surface area contributed by atoms with Crippen molar-refractivity contribution in [1.29, 1.82) is 0 Å². The number of benzene rings is 1. The maximum atomic E-state index is 12.2. The molecule has 1 unspecified atom stereocenters. The van der Waals surface area contributed by atoms with Crippen LogP contribution in [0.2, 0.25) is 5.02 Å². The highest BCUT2D eigenvalue weighted by atomic mass is 35.5. The van der Waals surface area contributed by atoms with Crippen molar-refractivity contribution >= 4 is 29.5 Å². The van der Waals surface area contributed by atoms with Gasteiger partial charge in [-0.05, 0) is 57.9 Å². The number of thioether (sulfide) groups is 1. The minimum Gasteiger partial charge on any atom is -0.444 e. The van der Waals surface area contributed by atoms with Crippen LogP contribution in [0.3, 0.4) is 0 Å². The van der Waals surface area contributed by atoms with Gasteiger partial charge in [0.1, 0.15) is 5.60 Å². The van der Waals surface area contributed by atoms with Gasteiger partial charge < -0.3 is 9.64 Å². The Morgan fingerprint density at radius 3 is 2.67 bits per heavy atom. The first-order valence-electron chi connectivity index (χ1n) is 7.23. The molecule has 1 heterocycles. The molecule has 1 fully saturated rings. The van der Waals surface area contributed by atoms with Crippen LogP contribution in [0, 0.1) is 0 Å². The molecular weight excluding hydrogens is 306 g/mol. The Morgan fingerprint density at radius 2 is 2.05 bits per heavy atom. The molecule has 3 nitrogen and oxygen atoms in total. The predicted octanol–water partition coefficient (Wildman–Crippen LogP) is 4.83. The Balaban J connectivity index is 1.90. The molecule has 0 aliphatic carbocycles. The molecule has 5 heteroatoms. The van der Waals surface area contributed by atoms with Crippen molar-refractivity contribution in [2.24, 2.45) is 0 Å². The maximum absolute atomic E-state index is 12.2. The lowest BCUT2D eigenvalue weighted by Crippen LogP contribution is -2.40. The van der Waals surface area contributed by atoms with Crippen LogP contribution in [-0.2, 0) is 4.74 Å². The quantitative estimate of drug-likeness (QED) is 0.744. The minimum absolute atomic E-state index is 0.193. The summed E-state index contributed by atoms with van der Waals surface area (Å²) in [6.07, 6.45) is 1.90. The smallest absolute Gasteiger partial charge is 0.410 e. The number of hydrogen-bond acceptors (Lipinski definition) is 3. The van der Waals surface area contributed by atoms with Gasteiger partial charge in [0.25, 0.3) is 0 Å². The molecule has 1 aromatic rings. The fraction of sp³-hybridized carbons (Fsp3) is 0.562. The summed E-state index contributed by atoms with van der Waals surface area (Å²) in [6.45, 7) is 6.50. The molecule has 1 amide bonds. The molecule has 0 radical (unpaired) electrons. The largest absolute Gasteiger partial charge is 0.444 e. The van der Waals surface area contributed by atoms with E-state index in [-0.39, 0.29) is 12.1 Å². The zero-order valence-electron chi connectivity index (χ0n) is 12.8. The van der Waals surface area contributed by atoms with Gasteiger partial charge in [-0.15, -0.1) is 11.8 Å². The van der Waals surface area contributed by atoms with Crippen molar-refractivity contribution in [3.8, 4) is 0 Å². The number of nitrogens with zero attached hydrogens (tertiary/aromatic N) is 1. The zero-order chi connectivity index (χ0) is 15.5. The number of rotatable bonds is 3. The molecule has 0 bridgehead atoms. The van der Waals surface area contributed by atoms with E-state index in [1.54, 1.807) is 11.8 Å². The zero-order valence-corrected chi connectivity index (χ0v) is 14.3. The van der Waals surface area contributed by atoms with E-state index in [0.29, 0.717) is 0 Å². The number of halogens is 1. The van der Waals surface area contributed by atoms with E-state index in [9.17, 15) is 4.79 Å². The fourth-order valence-corrected chi connectivity index (χ4v) is 3.48. The highest BCUT2D eigenvalue weighted by Crippen LogP contribution is 2.27. The Morgan fingerprint density at radius 1 is 1.38 bits per heavy atom. The van der Waals surface area contributed by atoms with Crippen LogP contribution in [0.15, 0.2) is 29.2 Å². The Kier molecular flexibility index (Phi) is 5.44. The number of likely N-dealkylation sites (tertiary alicyclic amines) is 1. The van der Waals surface area contributed by atoms with E-state index in [4.69, 9.17) is 16.3 Å². The SMILES string of the molecule is CC(C)(C)OC(=O)N1CCCC1CSc1ccc(Cl)cc1. The summed E-state index contributed by atoms with van der Waals surface area (Å²) in [5, 5.41) is 0.746. The molecule has 0 spiro atoms. The molecule has 2 rings (SSSR count).